The molecule has 0 radical (unpaired) electrons. The van der Waals surface area contributed by atoms with Crippen molar-refractivity contribution in [2.75, 3.05) is 12.4 Å². The fourth-order valence-electron chi connectivity index (χ4n) is 2.04. The van der Waals surface area contributed by atoms with Crippen molar-refractivity contribution in [2.24, 2.45) is 10.3 Å². The molecule has 0 fully saturated rings. The van der Waals surface area contributed by atoms with E-state index in [1.165, 1.54) is 13.2 Å². The highest BCUT2D eigenvalue weighted by Gasteiger charge is 2.19. The number of carbonyl (C=O) groups is 1. The Morgan fingerprint density at radius 3 is 2.15 bits per heavy atom. The summed E-state index contributed by atoms with van der Waals surface area (Å²) < 4.78 is 64.1. The fraction of sp³-hybridized carbons (Fsp3) is 0.0714. The van der Waals surface area contributed by atoms with Gasteiger partial charge in [0.1, 0.15) is 11.6 Å². The first-order chi connectivity index (χ1) is 11.9. The summed E-state index contributed by atoms with van der Waals surface area (Å²) >= 11 is 0. The Kier molecular flexibility index (Phi) is 5.32. The van der Waals surface area contributed by atoms with Gasteiger partial charge < -0.3 is 10.1 Å². The van der Waals surface area contributed by atoms with Crippen molar-refractivity contribution in [1.82, 2.24) is 0 Å². The van der Waals surface area contributed by atoms with Crippen LogP contribution >= 0.6 is 0 Å². The van der Waals surface area contributed by atoms with Crippen LogP contribution in [-0.2, 0) is 20.0 Å². The second-order valence-electron chi connectivity index (χ2n) is 5.08. The van der Waals surface area contributed by atoms with Crippen molar-refractivity contribution in [3.63, 3.8) is 0 Å². The first-order valence-electron chi connectivity index (χ1n) is 6.77. The summed E-state index contributed by atoms with van der Waals surface area (Å²) in [6.45, 7) is 0. The van der Waals surface area contributed by atoms with Crippen LogP contribution < -0.4 is 20.3 Å². The van der Waals surface area contributed by atoms with E-state index in [-0.39, 0.29) is 21.9 Å². The molecule has 0 heterocycles. The number of benzene rings is 2. The summed E-state index contributed by atoms with van der Waals surface area (Å²) in [4.78, 5) is 11.5. The number of ether oxygens (including phenoxy) is 1. The molecule has 0 unspecified atom stereocenters. The quantitative estimate of drug-likeness (QED) is 0.654. The molecule has 2 aromatic carbocycles. The molecule has 9 nitrogen and oxygen atoms in total. The van der Waals surface area contributed by atoms with Crippen LogP contribution in [0.25, 0.3) is 0 Å². The van der Waals surface area contributed by atoms with Crippen LogP contribution in [-0.4, -0.2) is 29.9 Å². The van der Waals surface area contributed by atoms with Gasteiger partial charge in [-0.1, -0.05) is 0 Å². The Hall–Kier alpha value is -2.54. The highest BCUT2D eigenvalue weighted by Crippen LogP contribution is 2.24. The molecule has 0 aliphatic rings. The zero-order chi connectivity index (χ0) is 19.7. The van der Waals surface area contributed by atoms with Gasteiger partial charge in [0, 0.05) is 5.69 Å². The van der Waals surface area contributed by atoms with Crippen LogP contribution in [0.5, 0.6) is 5.75 Å². The highest BCUT2D eigenvalue weighted by atomic mass is 32.2. The van der Waals surface area contributed by atoms with E-state index in [9.17, 15) is 26.0 Å². The third kappa shape index (κ3) is 4.54. The molecule has 2 aromatic rings. The van der Waals surface area contributed by atoms with E-state index < -0.39 is 36.7 Å². The molecule has 140 valence electrons. The maximum absolute atomic E-state index is 13.6. The van der Waals surface area contributed by atoms with Gasteiger partial charge in [0.2, 0.25) is 20.0 Å². The van der Waals surface area contributed by atoms with Gasteiger partial charge in [-0.2, -0.15) is 0 Å². The summed E-state index contributed by atoms with van der Waals surface area (Å²) in [7, 11) is -7.03. The Morgan fingerprint density at radius 2 is 1.62 bits per heavy atom. The summed E-state index contributed by atoms with van der Waals surface area (Å²) in [5.74, 6) is -1.80. The van der Waals surface area contributed by atoms with Gasteiger partial charge in [0.05, 0.1) is 22.5 Å². The number of sulfonamides is 2. The molecule has 0 aliphatic carbocycles. The molecule has 0 saturated carbocycles. The third-order valence-electron chi connectivity index (χ3n) is 3.20. The lowest BCUT2D eigenvalue weighted by Gasteiger charge is -2.11. The second-order valence-corrected chi connectivity index (χ2v) is 8.20. The number of methoxy groups -OCH3 is 1. The molecular formula is C14H14FN3O6S2. The number of nitrogens with one attached hydrogen (secondary N) is 1. The zero-order valence-electron chi connectivity index (χ0n) is 13.3. The summed E-state index contributed by atoms with van der Waals surface area (Å²) in [5.41, 5.74) is -0.414. The molecule has 12 heteroatoms. The molecule has 1 amide bonds. The standard InChI is InChI=1S/C14H14FN3O6S2/c1-24-13-3-2-10(25(16,20)21)7-12(13)14(19)18-9-4-8(15)5-11(6-9)26(17,22)23/h2-7H,1H3,(H,18,19)(H2,16,20,21)(H2,17,22,23). The lowest BCUT2D eigenvalue weighted by Crippen LogP contribution is -2.17. The monoisotopic (exact) mass is 403 g/mol. The Morgan fingerprint density at radius 1 is 1.00 bits per heavy atom. The molecule has 0 aliphatic heterocycles. The number of amides is 1. The number of primary sulfonamides is 2. The molecule has 5 N–H and O–H groups in total. The first-order valence-corrected chi connectivity index (χ1v) is 9.86. The number of carbonyl (C=O) groups excluding carboxylic acids is 1. The number of nitrogens with two attached hydrogens (primary N) is 2. The Labute approximate surface area is 148 Å². The van der Waals surface area contributed by atoms with Crippen LogP contribution in [0.15, 0.2) is 46.2 Å². The Balaban J connectivity index is 2.47. The minimum absolute atomic E-state index is 0.0259. The van der Waals surface area contributed by atoms with Crippen LogP contribution in [0.2, 0.25) is 0 Å². The second kappa shape index (κ2) is 6.99. The number of hydrogen-bond acceptors (Lipinski definition) is 6. The number of halogens is 1. The maximum Gasteiger partial charge on any atom is 0.259 e. The largest absolute Gasteiger partial charge is 0.496 e. The zero-order valence-corrected chi connectivity index (χ0v) is 14.9. The van der Waals surface area contributed by atoms with Crippen molar-refractivity contribution in [2.45, 2.75) is 9.79 Å². The first kappa shape index (κ1) is 19.8. The van der Waals surface area contributed by atoms with Crippen molar-refractivity contribution in [3.8, 4) is 5.75 Å². The number of anilines is 1. The Bertz CT molecular complexity index is 1080. The van der Waals surface area contributed by atoms with Gasteiger partial charge in [0.25, 0.3) is 5.91 Å². The molecule has 0 spiro atoms. The van der Waals surface area contributed by atoms with Crippen LogP contribution in [0.3, 0.4) is 0 Å². The number of hydrogen-bond donors (Lipinski definition) is 3. The number of rotatable bonds is 5. The average molecular weight is 403 g/mol. The lowest BCUT2D eigenvalue weighted by atomic mass is 10.2. The van der Waals surface area contributed by atoms with E-state index in [0.717, 1.165) is 24.3 Å². The van der Waals surface area contributed by atoms with Crippen LogP contribution in [0.4, 0.5) is 10.1 Å². The maximum atomic E-state index is 13.6. The van der Waals surface area contributed by atoms with Gasteiger partial charge in [0.15, 0.2) is 0 Å². The minimum atomic E-state index is -4.20. The van der Waals surface area contributed by atoms with Crippen molar-refractivity contribution in [3.05, 3.63) is 47.8 Å². The van der Waals surface area contributed by atoms with Crippen molar-refractivity contribution >= 4 is 31.6 Å². The SMILES string of the molecule is COc1ccc(S(N)(=O)=O)cc1C(=O)Nc1cc(F)cc(S(N)(=O)=O)c1. The minimum Gasteiger partial charge on any atom is -0.496 e. The molecule has 0 saturated heterocycles. The normalized spacial score (nSPS) is 11.8. The summed E-state index contributed by atoms with van der Waals surface area (Å²) in [6.07, 6.45) is 0. The van der Waals surface area contributed by atoms with E-state index in [2.05, 4.69) is 5.32 Å². The van der Waals surface area contributed by atoms with E-state index in [1.54, 1.807) is 0 Å². The highest BCUT2D eigenvalue weighted by molar-refractivity contribution is 7.89. The lowest BCUT2D eigenvalue weighted by molar-refractivity contribution is 0.102. The molecule has 2 rings (SSSR count). The van der Waals surface area contributed by atoms with E-state index in [0.29, 0.717) is 6.07 Å². The van der Waals surface area contributed by atoms with Crippen molar-refractivity contribution in [1.29, 1.82) is 0 Å². The fourth-order valence-corrected chi connectivity index (χ4v) is 3.15. The van der Waals surface area contributed by atoms with Gasteiger partial charge in [-0.15, -0.1) is 0 Å². The van der Waals surface area contributed by atoms with Gasteiger partial charge >= 0.3 is 0 Å². The van der Waals surface area contributed by atoms with Crippen molar-refractivity contribution < 1.29 is 30.8 Å². The third-order valence-corrected chi connectivity index (χ3v) is 5.01. The van der Waals surface area contributed by atoms with E-state index >= 15 is 0 Å². The molecule has 0 aromatic heterocycles. The van der Waals surface area contributed by atoms with E-state index in [1.807, 2.05) is 0 Å². The van der Waals surface area contributed by atoms with E-state index in [4.69, 9.17) is 15.0 Å². The predicted octanol–water partition coefficient (Wildman–Crippen LogP) is 0.381. The van der Waals surface area contributed by atoms with Crippen LogP contribution in [0, 0.1) is 5.82 Å². The van der Waals surface area contributed by atoms with Gasteiger partial charge in [-0.05, 0) is 36.4 Å². The summed E-state index contributed by atoms with van der Waals surface area (Å²) in [6, 6.07) is 5.84. The molecule has 0 atom stereocenters. The van der Waals surface area contributed by atoms with Gasteiger partial charge in [-0.25, -0.2) is 31.5 Å². The van der Waals surface area contributed by atoms with Gasteiger partial charge in [-0.3, -0.25) is 4.79 Å². The van der Waals surface area contributed by atoms with Crippen LogP contribution in [0.1, 0.15) is 10.4 Å². The predicted molar refractivity (Wildman–Crippen MR) is 90.1 cm³/mol. The summed E-state index contributed by atoms with van der Waals surface area (Å²) in [5, 5.41) is 12.2. The topological polar surface area (TPSA) is 159 Å². The smallest absolute Gasteiger partial charge is 0.259 e. The molecular weight excluding hydrogens is 389 g/mol. The molecule has 26 heavy (non-hydrogen) atoms. The molecule has 0 bridgehead atoms. The average Bonchev–Trinajstić information content (AvgIpc) is 2.51.